The molecule has 0 radical (unpaired) electrons. The fourth-order valence-corrected chi connectivity index (χ4v) is 3.56. The predicted molar refractivity (Wildman–Crippen MR) is 92.6 cm³/mol. The van der Waals surface area contributed by atoms with Gasteiger partial charge in [-0.15, -0.1) is 10.2 Å². The summed E-state index contributed by atoms with van der Waals surface area (Å²) in [6, 6.07) is 7.95. The first-order chi connectivity index (χ1) is 11.8. The minimum absolute atomic E-state index is 0.0668. The zero-order chi connectivity index (χ0) is 16.5. The van der Waals surface area contributed by atoms with Gasteiger partial charge in [-0.25, -0.2) is 0 Å². The van der Waals surface area contributed by atoms with Crippen molar-refractivity contribution in [3.63, 3.8) is 0 Å². The van der Waals surface area contributed by atoms with Crippen LogP contribution in [-0.2, 0) is 4.79 Å². The third-order valence-electron chi connectivity index (χ3n) is 4.26. The summed E-state index contributed by atoms with van der Waals surface area (Å²) < 4.78 is 7.52. The van der Waals surface area contributed by atoms with Crippen molar-refractivity contribution in [2.24, 2.45) is 0 Å². The first-order valence-corrected chi connectivity index (χ1v) is 9.25. The van der Waals surface area contributed by atoms with Crippen molar-refractivity contribution in [3.8, 4) is 5.75 Å². The van der Waals surface area contributed by atoms with Gasteiger partial charge in [0, 0.05) is 12.0 Å². The summed E-state index contributed by atoms with van der Waals surface area (Å²) in [7, 11) is 1.59. The molecule has 0 aliphatic heterocycles. The van der Waals surface area contributed by atoms with Gasteiger partial charge in [-0.3, -0.25) is 4.79 Å². The van der Waals surface area contributed by atoms with Crippen molar-refractivity contribution in [1.29, 1.82) is 0 Å². The highest BCUT2D eigenvalue weighted by atomic mass is 32.2. The van der Waals surface area contributed by atoms with E-state index in [4.69, 9.17) is 4.74 Å². The molecule has 2 aliphatic carbocycles. The summed E-state index contributed by atoms with van der Waals surface area (Å²) >= 11 is 1.46. The highest BCUT2D eigenvalue weighted by Crippen LogP contribution is 2.46. The standard InChI is InChI=1S/C17H20N4O2S/c1-23-14-5-3-2-4-13(14)18-15(22)10-24-17-20-19-16(11-6-7-11)21(17)12-8-9-12/h2-5,11-12H,6-10H2,1H3,(H,18,22). The molecule has 2 fully saturated rings. The second-order valence-electron chi connectivity index (χ2n) is 6.25. The second kappa shape index (κ2) is 6.47. The molecule has 0 atom stereocenters. The lowest BCUT2D eigenvalue weighted by Crippen LogP contribution is -2.15. The van der Waals surface area contributed by atoms with Crippen LogP contribution < -0.4 is 10.1 Å². The molecule has 1 N–H and O–H groups in total. The first-order valence-electron chi connectivity index (χ1n) is 8.26. The van der Waals surface area contributed by atoms with E-state index in [0.717, 1.165) is 11.0 Å². The molecule has 2 saturated carbocycles. The maximum Gasteiger partial charge on any atom is 0.234 e. The molecule has 6 nitrogen and oxygen atoms in total. The van der Waals surface area contributed by atoms with Crippen molar-refractivity contribution in [2.45, 2.75) is 42.8 Å². The largest absolute Gasteiger partial charge is 0.495 e. The Kier molecular flexibility index (Phi) is 4.18. The van der Waals surface area contributed by atoms with Gasteiger partial charge in [0.1, 0.15) is 11.6 Å². The van der Waals surface area contributed by atoms with Gasteiger partial charge >= 0.3 is 0 Å². The lowest BCUT2D eigenvalue weighted by atomic mass is 10.3. The van der Waals surface area contributed by atoms with E-state index in [1.54, 1.807) is 7.11 Å². The smallest absolute Gasteiger partial charge is 0.234 e. The van der Waals surface area contributed by atoms with Crippen LogP contribution >= 0.6 is 11.8 Å². The summed E-state index contributed by atoms with van der Waals surface area (Å²) in [4.78, 5) is 12.3. The predicted octanol–water partition coefficient (Wildman–Crippen LogP) is 3.23. The Balaban J connectivity index is 1.41. The van der Waals surface area contributed by atoms with Crippen molar-refractivity contribution in [1.82, 2.24) is 14.8 Å². The van der Waals surface area contributed by atoms with Crippen LogP contribution in [0, 0.1) is 0 Å². The van der Waals surface area contributed by atoms with Gasteiger partial charge in [-0.2, -0.15) is 0 Å². The van der Waals surface area contributed by atoms with Gasteiger partial charge in [-0.1, -0.05) is 23.9 Å². The molecule has 126 valence electrons. The Morgan fingerprint density at radius 2 is 2.08 bits per heavy atom. The van der Waals surface area contributed by atoms with Gasteiger partial charge in [0.15, 0.2) is 5.16 Å². The van der Waals surface area contributed by atoms with Gasteiger partial charge in [0.05, 0.1) is 18.6 Å². The van der Waals surface area contributed by atoms with Gasteiger partial charge in [-0.05, 0) is 37.8 Å². The summed E-state index contributed by atoms with van der Waals surface area (Å²) in [5.41, 5.74) is 0.688. The SMILES string of the molecule is COc1ccccc1NC(=O)CSc1nnc(C2CC2)n1C1CC1. The number of methoxy groups -OCH3 is 1. The minimum Gasteiger partial charge on any atom is -0.495 e. The van der Waals surface area contributed by atoms with Crippen molar-refractivity contribution < 1.29 is 9.53 Å². The number of aromatic nitrogens is 3. The molecular formula is C17H20N4O2S. The third kappa shape index (κ3) is 3.26. The number of nitrogens with one attached hydrogen (secondary N) is 1. The van der Waals surface area contributed by atoms with E-state index in [-0.39, 0.29) is 5.91 Å². The number of hydrogen-bond donors (Lipinski definition) is 1. The van der Waals surface area contributed by atoms with Crippen LogP contribution in [0.2, 0.25) is 0 Å². The second-order valence-corrected chi connectivity index (χ2v) is 7.20. The van der Waals surface area contributed by atoms with Crippen LogP contribution in [-0.4, -0.2) is 33.5 Å². The Morgan fingerprint density at radius 1 is 1.29 bits per heavy atom. The van der Waals surface area contributed by atoms with E-state index >= 15 is 0 Å². The molecule has 1 heterocycles. The highest BCUT2D eigenvalue weighted by Gasteiger charge is 2.36. The topological polar surface area (TPSA) is 69.0 Å². The van der Waals surface area contributed by atoms with Crippen LogP contribution in [0.15, 0.2) is 29.4 Å². The van der Waals surface area contributed by atoms with Crippen LogP contribution in [0.5, 0.6) is 5.75 Å². The monoisotopic (exact) mass is 344 g/mol. The number of carbonyl (C=O) groups is 1. The Labute approximate surface area is 145 Å². The number of ether oxygens (including phenoxy) is 1. The van der Waals surface area contributed by atoms with Crippen LogP contribution in [0.25, 0.3) is 0 Å². The average Bonchev–Trinajstić information content (AvgIpc) is 3.52. The lowest BCUT2D eigenvalue weighted by Gasteiger charge is -2.10. The molecular weight excluding hydrogens is 324 g/mol. The number of benzene rings is 1. The molecule has 0 bridgehead atoms. The summed E-state index contributed by atoms with van der Waals surface area (Å²) in [6.07, 6.45) is 4.81. The summed E-state index contributed by atoms with van der Waals surface area (Å²) in [5, 5.41) is 12.5. The molecule has 0 spiro atoms. The number of nitrogens with zero attached hydrogens (tertiary/aromatic N) is 3. The number of hydrogen-bond acceptors (Lipinski definition) is 5. The van der Waals surface area contributed by atoms with Crippen molar-refractivity contribution >= 4 is 23.4 Å². The Morgan fingerprint density at radius 3 is 2.79 bits per heavy atom. The molecule has 2 aliphatic rings. The highest BCUT2D eigenvalue weighted by molar-refractivity contribution is 7.99. The van der Waals surface area contributed by atoms with Crippen molar-refractivity contribution in [2.75, 3.05) is 18.2 Å². The van der Waals surface area contributed by atoms with Crippen LogP contribution in [0.4, 0.5) is 5.69 Å². The van der Waals surface area contributed by atoms with E-state index in [0.29, 0.717) is 29.1 Å². The number of para-hydroxylation sites is 2. The molecule has 1 amide bonds. The number of thioether (sulfide) groups is 1. The van der Waals surface area contributed by atoms with E-state index in [1.807, 2.05) is 24.3 Å². The minimum atomic E-state index is -0.0668. The van der Waals surface area contributed by atoms with Gasteiger partial charge in [0.25, 0.3) is 0 Å². The number of rotatable bonds is 7. The maximum absolute atomic E-state index is 12.3. The average molecular weight is 344 g/mol. The molecule has 24 heavy (non-hydrogen) atoms. The fraction of sp³-hybridized carbons (Fsp3) is 0.471. The molecule has 0 unspecified atom stereocenters. The molecule has 1 aromatic heterocycles. The third-order valence-corrected chi connectivity index (χ3v) is 5.20. The summed E-state index contributed by atoms with van der Waals surface area (Å²) in [6.45, 7) is 0. The number of carbonyl (C=O) groups excluding carboxylic acids is 1. The van der Waals surface area contributed by atoms with Gasteiger partial charge in [0.2, 0.25) is 5.91 Å². The molecule has 1 aromatic carbocycles. The zero-order valence-corrected chi connectivity index (χ0v) is 14.4. The van der Waals surface area contributed by atoms with E-state index < -0.39 is 0 Å². The van der Waals surface area contributed by atoms with E-state index in [9.17, 15) is 4.79 Å². The quantitative estimate of drug-likeness (QED) is 0.781. The van der Waals surface area contributed by atoms with Crippen LogP contribution in [0.3, 0.4) is 0 Å². The van der Waals surface area contributed by atoms with E-state index in [1.165, 1.54) is 37.4 Å². The molecule has 2 aromatic rings. The van der Waals surface area contributed by atoms with Gasteiger partial charge < -0.3 is 14.6 Å². The Bertz CT molecular complexity index is 753. The molecule has 7 heteroatoms. The van der Waals surface area contributed by atoms with Crippen molar-refractivity contribution in [3.05, 3.63) is 30.1 Å². The first kappa shape index (κ1) is 15.5. The zero-order valence-electron chi connectivity index (χ0n) is 13.6. The summed E-state index contributed by atoms with van der Waals surface area (Å²) in [5.74, 6) is 2.60. The van der Waals surface area contributed by atoms with Crippen LogP contribution in [0.1, 0.15) is 43.5 Å². The fourth-order valence-electron chi connectivity index (χ4n) is 2.75. The number of amides is 1. The maximum atomic E-state index is 12.3. The number of anilines is 1. The normalized spacial score (nSPS) is 16.9. The Hall–Kier alpha value is -2.02. The molecule has 4 rings (SSSR count). The lowest BCUT2D eigenvalue weighted by molar-refractivity contribution is -0.113. The van der Waals surface area contributed by atoms with E-state index in [2.05, 4.69) is 20.1 Å². The molecule has 0 saturated heterocycles.